The van der Waals surface area contributed by atoms with Crippen molar-refractivity contribution in [2.75, 3.05) is 0 Å². The van der Waals surface area contributed by atoms with Crippen LogP contribution in [0.25, 0.3) is 0 Å². The van der Waals surface area contributed by atoms with E-state index in [0.717, 1.165) is 12.8 Å². The van der Waals surface area contributed by atoms with Crippen molar-refractivity contribution in [1.29, 1.82) is 0 Å². The van der Waals surface area contributed by atoms with E-state index in [9.17, 15) is 5.11 Å². The van der Waals surface area contributed by atoms with Crippen molar-refractivity contribution >= 4 is 0 Å². The average Bonchev–Trinajstić information content (AvgIpc) is 2.54. The highest BCUT2D eigenvalue weighted by Crippen LogP contribution is 2.53. The van der Waals surface area contributed by atoms with E-state index in [1.54, 1.807) is 0 Å². The van der Waals surface area contributed by atoms with E-state index in [2.05, 4.69) is 81.4 Å². The molecule has 1 nitrogen and oxygen atoms in total. The zero-order valence-corrected chi connectivity index (χ0v) is 13.8. The molecule has 0 heterocycles. The van der Waals surface area contributed by atoms with Gasteiger partial charge in [0.25, 0.3) is 0 Å². The van der Waals surface area contributed by atoms with Crippen LogP contribution < -0.4 is 0 Å². The van der Waals surface area contributed by atoms with E-state index in [1.165, 1.54) is 11.1 Å². The van der Waals surface area contributed by atoms with Crippen LogP contribution >= 0.6 is 0 Å². The lowest BCUT2D eigenvalue weighted by molar-refractivity contribution is -0.0484. The van der Waals surface area contributed by atoms with Gasteiger partial charge in [0.2, 0.25) is 0 Å². The second-order valence-corrected chi connectivity index (χ2v) is 7.61. The van der Waals surface area contributed by atoms with Crippen LogP contribution in [0.1, 0.15) is 44.7 Å². The third kappa shape index (κ3) is 2.48. The molecular weight excluding hydrogens is 268 g/mol. The Morgan fingerprint density at radius 2 is 1.32 bits per heavy atom. The average molecular weight is 294 g/mol. The Hall–Kier alpha value is -1.60. The van der Waals surface area contributed by atoms with E-state index < -0.39 is 0 Å². The first-order valence-corrected chi connectivity index (χ1v) is 8.25. The van der Waals surface area contributed by atoms with Gasteiger partial charge in [0.15, 0.2) is 0 Å². The van der Waals surface area contributed by atoms with Gasteiger partial charge in [-0.25, -0.2) is 0 Å². The van der Waals surface area contributed by atoms with Gasteiger partial charge in [0.1, 0.15) is 0 Å². The molecule has 2 unspecified atom stereocenters. The quantitative estimate of drug-likeness (QED) is 0.844. The molecule has 1 saturated carbocycles. The van der Waals surface area contributed by atoms with Gasteiger partial charge in [-0.2, -0.15) is 0 Å². The topological polar surface area (TPSA) is 20.2 Å². The van der Waals surface area contributed by atoms with Crippen molar-refractivity contribution in [2.24, 2.45) is 11.3 Å². The van der Waals surface area contributed by atoms with Crippen molar-refractivity contribution in [3.8, 4) is 0 Å². The predicted octanol–water partition coefficient (Wildman–Crippen LogP) is 4.79. The zero-order valence-electron chi connectivity index (χ0n) is 13.8. The lowest BCUT2D eigenvalue weighted by atomic mass is 9.54. The molecule has 2 aromatic carbocycles. The highest BCUT2D eigenvalue weighted by molar-refractivity contribution is 5.41. The van der Waals surface area contributed by atoms with Gasteiger partial charge in [-0.05, 0) is 35.3 Å². The molecule has 0 radical (unpaired) electrons. The number of rotatable bonds is 2. The molecule has 116 valence electrons. The number of benzene rings is 2. The second-order valence-electron chi connectivity index (χ2n) is 7.61. The predicted molar refractivity (Wildman–Crippen MR) is 91.8 cm³/mol. The third-order valence-electron chi connectivity index (χ3n) is 5.42. The lowest BCUT2D eigenvalue weighted by Crippen LogP contribution is -2.49. The summed E-state index contributed by atoms with van der Waals surface area (Å²) in [5, 5.41) is 10.6. The van der Waals surface area contributed by atoms with E-state index in [-0.39, 0.29) is 22.9 Å². The molecule has 22 heavy (non-hydrogen) atoms. The molecule has 0 amide bonds. The standard InChI is InChI=1S/C21H26O/c1-16-14-21(15-20(2,3)19(16)22,17-10-6-4-7-11-17)18-12-8-5-9-13-18/h4-13,16,19,22H,14-15H2,1-3H3. The normalized spacial score (nSPS) is 26.5. The van der Waals surface area contributed by atoms with Crippen LogP contribution in [0, 0.1) is 11.3 Å². The van der Waals surface area contributed by atoms with Crippen LogP contribution in [0.2, 0.25) is 0 Å². The van der Waals surface area contributed by atoms with Gasteiger partial charge in [0, 0.05) is 5.41 Å². The van der Waals surface area contributed by atoms with E-state index in [0.29, 0.717) is 0 Å². The van der Waals surface area contributed by atoms with Crippen molar-refractivity contribution < 1.29 is 5.11 Å². The van der Waals surface area contributed by atoms with E-state index in [1.807, 2.05) is 0 Å². The minimum absolute atomic E-state index is 0.00926. The van der Waals surface area contributed by atoms with Gasteiger partial charge in [-0.15, -0.1) is 0 Å². The summed E-state index contributed by atoms with van der Waals surface area (Å²) in [7, 11) is 0. The van der Waals surface area contributed by atoms with Crippen LogP contribution in [-0.2, 0) is 5.41 Å². The smallest absolute Gasteiger partial charge is 0.0617 e. The van der Waals surface area contributed by atoms with Crippen molar-refractivity contribution in [2.45, 2.75) is 45.1 Å². The molecule has 0 saturated heterocycles. The number of aliphatic hydroxyl groups excluding tert-OH is 1. The zero-order chi connectivity index (χ0) is 15.8. The molecule has 3 rings (SSSR count). The monoisotopic (exact) mass is 294 g/mol. The van der Waals surface area contributed by atoms with Crippen LogP contribution in [0.5, 0.6) is 0 Å². The first-order chi connectivity index (χ1) is 10.5. The summed E-state index contributed by atoms with van der Waals surface area (Å²) in [5.74, 6) is 0.282. The van der Waals surface area contributed by atoms with E-state index >= 15 is 0 Å². The Morgan fingerprint density at radius 3 is 1.73 bits per heavy atom. The first-order valence-electron chi connectivity index (χ1n) is 8.25. The maximum atomic E-state index is 10.6. The van der Waals surface area contributed by atoms with Gasteiger partial charge in [-0.3, -0.25) is 0 Å². The summed E-state index contributed by atoms with van der Waals surface area (Å²) >= 11 is 0. The highest BCUT2D eigenvalue weighted by Gasteiger charge is 2.49. The Balaban J connectivity index is 2.17. The van der Waals surface area contributed by atoms with Crippen LogP contribution in [0.4, 0.5) is 0 Å². The summed E-state index contributed by atoms with van der Waals surface area (Å²) in [6, 6.07) is 21.6. The van der Waals surface area contributed by atoms with Crippen molar-refractivity contribution in [1.82, 2.24) is 0 Å². The summed E-state index contributed by atoms with van der Waals surface area (Å²) in [6.45, 7) is 6.59. The number of hydrogen-bond acceptors (Lipinski definition) is 1. The molecule has 1 aliphatic carbocycles. The molecule has 0 aliphatic heterocycles. The van der Waals surface area contributed by atoms with E-state index in [4.69, 9.17) is 0 Å². The maximum Gasteiger partial charge on any atom is 0.0617 e. The molecule has 0 aromatic heterocycles. The summed E-state index contributed by atoms with van der Waals surface area (Å²) in [4.78, 5) is 0. The molecule has 2 aromatic rings. The molecule has 0 spiro atoms. The van der Waals surface area contributed by atoms with Gasteiger partial charge in [0.05, 0.1) is 6.10 Å². The number of aliphatic hydroxyl groups is 1. The SMILES string of the molecule is CC1CC(c2ccccc2)(c2ccccc2)CC(C)(C)C1O. The Labute approximate surface area is 134 Å². The van der Waals surface area contributed by atoms with Crippen molar-refractivity contribution in [3.63, 3.8) is 0 Å². The molecule has 1 fully saturated rings. The Bertz CT molecular complexity index is 575. The second kappa shape index (κ2) is 5.55. The fourth-order valence-corrected chi connectivity index (χ4v) is 4.51. The third-order valence-corrected chi connectivity index (χ3v) is 5.42. The van der Waals surface area contributed by atoms with Gasteiger partial charge >= 0.3 is 0 Å². The molecular formula is C21H26O. The van der Waals surface area contributed by atoms with Crippen molar-refractivity contribution in [3.05, 3.63) is 71.8 Å². The van der Waals surface area contributed by atoms with Crippen LogP contribution in [0.15, 0.2) is 60.7 Å². The molecule has 1 N–H and O–H groups in total. The van der Waals surface area contributed by atoms with Crippen LogP contribution in [0.3, 0.4) is 0 Å². The molecule has 0 bridgehead atoms. The fraction of sp³-hybridized carbons (Fsp3) is 0.429. The summed E-state index contributed by atoms with van der Waals surface area (Å²) < 4.78 is 0. The molecule has 1 heteroatoms. The maximum absolute atomic E-state index is 10.6. The Morgan fingerprint density at radius 1 is 0.864 bits per heavy atom. The molecule has 2 atom stereocenters. The fourth-order valence-electron chi connectivity index (χ4n) is 4.51. The number of hydrogen-bond donors (Lipinski definition) is 1. The highest BCUT2D eigenvalue weighted by atomic mass is 16.3. The van der Waals surface area contributed by atoms with Crippen LogP contribution in [-0.4, -0.2) is 11.2 Å². The van der Waals surface area contributed by atoms with Gasteiger partial charge < -0.3 is 5.11 Å². The molecule has 1 aliphatic rings. The summed E-state index contributed by atoms with van der Waals surface area (Å²) in [5.41, 5.74) is 2.63. The van der Waals surface area contributed by atoms with Gasteiger partial charge in [-0.1, -0.05) is 81.4 Å². The Kier molecular flexibility index (Phi) is 3.86. The minimum Gasteiger partial charge on any atom is -0.392 e. The minimum atomic E-state index is -0.243. The lowest BCUT2D eigenvalue weighted by Gasteiger charge is -2.51. The summed E-state index contributed by atoms with van der Waals surface area (Å²) in [6.07, 6.45) is 1.72. The largest absolute Gasteiger partial charge is 0.392 e. The first kappa shape index (κ1) is 15.3.